The highest BCUT2D eigenvalue weighted by Gasteiger charge is 1.96. The van der Waals surface area contributed by atoms with Crippen LogP contribution in [-0.4, -0.2) is 16.5 Å². The molecular formula is C15H32O2. The fourth-order valence-corrected chi connectivity index (χ4v) is 2.12. The Labute approximate surface area is 107 Å². The molecular weight excluding hydrogens is 212 g/mol. The molecule has 2 N–H and O–H groups in total. The Morgan fingerprint density at radius 3 is 0.765 bits per heavy atom. The molecule has 0 saturated heterocycles. The molecule has 0 aliphatic heterocycles. The summed E-state index contributed by atoms with van der Waals surface area (Å²) in [5.41, 5.74) is 0. The maximum atomic E-state index is 7.92. The highest BCUT2D eigenvalue weighted by molar-refractivity contribution is 4.51. The summed E-state index contributed by atoms with van der Waals surface area (Å²) in [6.45, 7) is 1.70. The van der Waals surface area contributed by atoms with Crippen LogP contribution in [0.2, 0.25) is 0 Å². The van der Waals surface area contributed by atoms with E-state index in [1.54, 1.807) is 6.92 Å². The summed E-state index contributed by atoms with van der Waals surface area (Å²) in [5, 5.41) is 15.8. The van der Waals surface area contributed by atoms with Gasteiger partial charge in [0.1, 0.15) is 0 Å². The molecule has 0 amide bonds. The minimum atomic E-state index is -1.12. The first-order valence-corrected chi connectivity index (χ1v) is 7.63. The second-order valence-corrected chi connectivity index (χ2v) is 5.13. The molecule has 0 aromatic carbocycles. The largest absolute Gasteiger partial charge is 0.368 e. The van der Waals surface area contributed by atoms with Gasteiger partial charge in [0.25, 0.3) is 0 Å². The molecule has 1 aliphatic carbocycles. The highest BCUT2D eigenvalue weighted by atomic mass is 16.5. The molecule has 0 aromatic heterocycles. The zero-order valence-electron chi connectivity index (χ0n) is 11.7. The molecule has 0 bridgehead atoms. The van der Waals surface area contributed by atoms with Crippen molar-refractivity contribution in [3.05, 3.63) is 0 Å². The summed E-state index contributed by atoms with van der Waals surface area (Å²) >= 11 is 0. The maximum absolute atomic E-state index is 7.92. The first-order chi connectivity index (χ1) is 8.27. The van der Waals surface area contributed by atoms with E-state index < -0.39 is 6.29 Å². The van der Waals surface area contributed by atoms with Gasteiger partial charge < -0.3 is 10.2 Å². The lowest BCUT2D eigenvalue weighted by atomic mass is 10.0. The second-order valence-electron chi connectivity index (χ2n) is 5.13. The van der Waals surface area contributed by atoms with E-state index >= 15 is 0 Å². The molecule has 2 heteroatoms. The summed E-state index contributed by atoms with van der Waals surface area (Å²) < 4.78 is 0. The summed E-state index contributed by atoms with van der Waals surface area (Å²) in [5.74, 6) is 0. The normalized spacial score (nSPS) is 19.8. The van der Waals surface area contributed by atoms with Crippen molar-refractivity contribution < 1.29 is 10.2 Å². The molecule has 0 radical (unpaired) electrons. The van der Waals surface area contributed by atoms with Crippen LogP contribution in [0.3, 0.4) is 0 Å². The van der Waals surface area contributed by atoms with Crippen molar-refractivity contribution in [2.45, 2.75) is 96.7 Å². The summed E-state index contributed by atoms with van der Waals surface area (Å²) in [7, 11) is 0. The second kappa shape index (κ2) is 14.0. The molecule has 1 fully saturated rings. The number of hydrogen-bond donors (Lipinski definition) is 2. The Kier molecular flexibility index (Phi) is 13.9. The van der Waals surface area contributed by atoms with Crippen LogP contribution < -0.4 is 0 Å². The molecule has 17 heavy (non-hydrogen) atoms. The standard InChI is InChI=1S/C12H24.C3H8O2/c1-2-4-6-8-10-12-11-9-7-5-3-1;1-2-3(4)5/h1-12H2;3-5H,2H2,1H3. The monoisotopic (exact) mass is 244 g/mol. The Morgan fingerprint density at radius 2 is 0.706 bits per heavy atom. The van der Waals surface area contributed by atoms with Crippen molar-refractivity contribution in [3.63, 3.8) is 0 Å². The molecule has 1 aliphatic rings. The Bertz CT molecular complexity index is 91.9. The van der Waals surface area contributed by atoms with Crippen molar-refractivity contribution >= 4 is 0 Å². The molecule has 0 aromatic rings. The molecule has 0 unspecified atom stereocenters. The van der Waals surface area contributed by atoms with Gasteiger partial charge in [0.05, 0.1) is 0 Å². The number of aliphatic hydroxyl groups is 2. The van der Waals surface area contributed by atoms with Gasteiger partial charge in [0.15, 0.2) is 6.29 Å². The number of hydrogen-bond acceptors (Lipinski definition) is 2. The van der Waals surface area contributed by atoms with E-state index in [1.807, 2.05) is 0 Å². The molecule has 1 saturated carbocycles. The van der Waals surface area contributed by atoms with Crippen LogP contribution in [0, 0.1) is 0 Å². The summed E-state index contributed by atoms with van der Waals surface area (Å²) in [6, 6.07) is 0. The van der Waals surface area contributed by atoms with E-state index in [0.29, 0.717) is 6.42 Å². The van der Waals surface area contributed by atoms with Crippen LogP contribution in [0.5, 0.6) is 0 Å². The van der Waals surface area contributed by atoms with Crippen LogP contribution in [0.25, 0.3) is 0 Å². The minimum absolute atomic E-state index is 0.417. The van der Waals surface area contributed by atoms with Crippen molar-refractivity contribution in [2.75, 3.05) is 0 Å². The van der Waals surface area contributed by atoms with Gasteiger partial charge in [0, 0.05) is 0 Å². The summed E-state index contributed by atoms with van der Waals surface area (Å²) in [4.78, 5) is 0. The summed E-state index contributed by atoms with van der Waals surface area (Å²) in [6.07, 6.45) is 17.3. The Morgan fingerprint density at radius 1 is 0.588 bits per heavy atom. The third-order valence-electron chi connectivity index (χ3n) is 3.37. The van der Waals surface area contributed by atoms with Crippen LogP contribution in [0.1, 0.15) is 90.4 Å². The van der Waals surface area contributed by atoms with E-state index in [4.69, 9.17) is 10.2 Å². The predicted molar refractivity (Wildman–Crippen MR) is 73.9 cm³/mol. The average molecular weight is 244 g/mol. The van der Waals surface area contributed by atoms with Crippen molar-refractivity contribution in [1.82, 2.24) is 0 Å². The molecule has 2 nitrogen and oxygen atoms in total. The Hall–Kier alpha value is -0.0800. The van der Waals surface area contributed by atoms with Gasteiger partial charge >= 0.3 is 0 Å². The molecule has 0 spiro atoms. The fraction of sp³-hybridized carbons (Fsp3) is 1.00. The van der Waals surface area contributed by atoms with E-state index in [0.717, 1.165) is 0 Å². The van der Waals surface area contributed by atoms with Gasteiger partial charge in [-0.3, -0.25) is 0 Å². The van der Waals surface area contributed by atoms with Crippen LogP contribution in [-0.2, 0) is 0 Å². The average Bonchev–Trinajstić information content (AvgIpc) is 2.30. The number of aliphatic hydroxyl groups excluding tert-OH is 1. The van der Waals surface area contributed by atoms with Gasteiger partial charge in [-0.15, -0.1) is 0 Å². The van der Waals surface area contributed by atoms with E-state index in [9.17, 15) is 0 Å². The third-order valence-corrected chi connectivity index (χ3v) is 3.37. The third kappa shape index (κ3) is 15.9. The lowest BCUT2D eigenvalue weighted by molar-refractivity contribution is -0.0413. The highest BCUT2D eigenvalue weighted by Crippen LogP contribution is 2.15. The molecule has 0 atom stereocenters. The topological polar surface area (TPSA) is 40.5 Å². The van der Waals surface area contributed by atoms with Crippen LogP contribution >= 0.6 is 0 Å². The Balaban J connectivity index is 0.000000437. The van der Waals surface area contributed by atoms with Crippen molar-refractivity contribution in [2.24, 2.45) is 0 Å². The molecule has 0 heterocycles. The fourth-order valence-electron chi connectivity index (χ4n) is 2.12. The van der Waals surface area contributed by atoms with Gasteiger partial charge in [-0.25, -0.2) is 0 Å². The molecule has 104 valence electrons. The minimum Gasteiger partial charge on any atom is -0.368 e. The van der Waals surface area contributed by atoms with Gasteiger partial charge in [0.2, 0.25) is 0 Å². The predicted octanol–water partition coefficient (Wildman–Crippen LogP) is 4.39. The SMILES string of the molecule is C1CCCCCCCCCCC1.CCC(O)O. The van der Waals surface area contributed by atoms with Crippen LogP contribution in [0.15, 0.2) is 0 Å². The van der Waals surface area contributed by atoms with E-state index in [1.165, 1.54) is 77.0 Å². The first kappa shape index (κ1) is 16.9. The van der Waals surface area contributed by atoms with Crippen molar-refractivity contribution in [1.29, 1.82) is 0 Å². The first-order valence-electron chi connectivity index (χ1n) is 7.63. The van der Waals surface area contributed by atoms with Crippen LogP contribution in [0.4, 0.5) is 0 Å². The van der Waals surface area contributed by atoms with Gasteiger partial charge in [-0.05, 0) is 6.42 Å². The smallest absolute Gasteiger partial charge is 0.151 e. The quantitative estimate of drug-likeness (QED) is 0.672. The van der Waals surface area contributed by atoms with Crippen molar-refractivity contribution in [3.8, 4) is 0 Å². The lowest BCUT2D eigenvalue weighted by Gasteiger charge is -2.05. The maximum Gasteiger partial charge on any atom is 0.151 e. The van der Waals surface area contributed by atoms with Gasteiger partial charge in [-0.2, -0.15) is 0 Å². The number of rotatable bonds is 1. The zero-order valence-corrected chi connectivity index (χ0v) is 11.7. The van der Waals surface area contributed by atoms with Gasteiger partial charge in [-0.1, -0.05) is 84.0 Å². The lowest BCUT2D eigenvalue weighted by Crippen LogP contribution is -1.99. The molecule has 1 rings (SSSR count). The zero-order chi connectivity index (χ0) is 12.8. The van der Waals surface area contributed by atoms with E-state index in [-0.39, 0.29) is 0 Å². The van der Waals surface area contributed by atoms with E-state index in [2.05, 4.69) is 0 Å².